The minimum Gasteiger partial charge on any atom is -0.325 e. The number of rotatable bonds is 8. The molecular formula is C21H22BrN5O2S. The first-order chi connectivity index (χ1) is 14.5. The van der Waals surface area contributed by atoms with Crippen LogP contribution in [0.15, 0.2) is 58.2 Å². The quantitative estimate of drug-likeness (QED) is 0.462. The Labute approximate surface area is 187 Å². The number of carbonyl (C=O) groups is 2. The maximum atomic E-state index is 12.4. The van der Waals surface area contributed by atoms with E-state index in [-0.39, 0.29) is 24.0 Å². The van der Waals surface area contributed by atoms with E-state index in [1.54, 1.807) is 0 Å². The summed E-state index contributed by atoms with van der Waals surface area (Å²) in [5.74, 6) is 0.478. The van der Waals surface area contributed by atoms with E-state index in [1.165, 1.54) is 11.8 Å². The van der Waals surface area contributed by atoms with Gasteiger partial charge in [0.15, 0.2) is 5.16 Å². The normalized spacial score (nSPS) is 10.6. The van der Waals surface area contributed by atoms with Crippen LogP contribution < -0.4 is 10.6 Å². The van der Waals surface area contributed by atoms with Crippen molar-refractivity contribution in [3.05, 3.63) is 64.4 Å². The predicted octanol–water partition coefficient (Wildman–Crippen LogP) is 4.28. The zero-order valence-electron chi connectivity index (χ0n) is 16.7. The Morgan fingerprint density at radius 3 is 2.47 bits per heavy atom. The lowest BCUT2D eigenvalue weighted by Crippen LogP contribution is -2.18. The van der Waals surface area contributed by atoms with Crippen LogP contribution in [0, 0.1) is 6.92 Å². The van der Waals surface area contributed by atoms with Crippen LogP contribution in [0.5, 0.6) is 0 Å². The van der Waals surface area contributed by atoms with Gasteiger partial charge < -0.3 is 15.2 Å². The number of nitrogens with zero attached hydrogens (tertiary/aromatic N) is 3. The van der Waals surface area contributed by atoms with E-state index < -0.39 is 0 Å². The molecule has 0 saturated heterocycles. The van der Waals surface area contributed by atoms with Gasteiger partial charge in [0.05, 0.1) is 12.2 Å². The third-order valence-corrected chi connectivity index (χ3v) is 5.80. The van der Waals surface area contributed by atoms with Crippen molar-refractivity contribution in [2.24, 2.45) is 0 Å². The second-order valence-electron chi connectivity index (χ2n) is 6.53. The van der Waals surface area contributed by atoms with Gasteiger partial charge in [0.1, 0.15) is 5.82 Å². The molecule has 1 heterocycles. The van der Waals surface area contributed by atoms with Crippen molar-refractivity contribution in [3.63, 3.8) is 0 Å². The second kappa shape index (κ2) is 10.4. The SMILES string of the molecule is CCn1c(CC(=O)Nc2ccccc2C)nnc1SCC(=O)Nc1ccc(Br)cc1. The van der Waals surface area contributed by atoms with Crippen LogP contribution in [-0.4, -0.2) is 32.3 Å². The van der Waals surface area contributed by atoms with Gasteiger partial charge >= 0.3 is 0 Å². The van der Waals surface area contributed by atoms with Gasteiger partial charge in [-0.05, 0) is 49.7 Å². The Morgan fingerprint density at radius 1 is 1.03 bits per heavy atom. The van der Waals surface area contributed by atoms with Gasteiger partial charge in [0, 0.05) is 22.4 Å². The van der Waals surface area contributed by atoms with Gasteiger partial charge in [-0.1, -0.05) is 45.9 Å². The molecule has 156 valence electrons. The molecule has 0 aliphatic rings. The van der Waals surface area contributed by atoms with E-state index in [2.05, 4.69) is 36.8 Å². The van der Waals surface area contributed by atoms with Crippen LogP contribution in [0.2, 0.25) is 0 Å². The van der Waals surface area contributed by atoms with Crippen LogP contribution in [-0.2, 0) is 22.6 Å². The third-order valence-electron chi connectivity index (χ3n) is 4.31. The largest absolute Gasteiger partial charge is 0.325 e. The lowest BCUT2D eigenvalue weighted by Gasteiger charge is -2.09. The fourth-order valence-corrected chi connectivity index (χ4v) is 3.87. The van der Waals surface area contributed by atoms with E-state index in [4.69, 9.17) is 0 Å². The van der Waals surface area contributed by atoms with E-state index in [9.17, 15) is 9.59 Å². The highest BCUT2D eigenvalue weighted by Crippen LogP contribution is 2.20. The zero-order chi connectivity index (χ0) is 21.5. The highest BCUT2D eigenvalue weighted by Gasteiger charge is 2.16. The fraction of sp³-hybridized carbons (Fsp3) is 0.238. The number of aromatic nitrogens is 3. The third kappa shape index (κ3) is 5.93. The van der Waals surface area contributed by atoms with Crippen LogP contribution in [0.3, 0.4) is 0 Å². The number of amides is 2. The predicted molar refractivity (Wildman–Crippen MR) is 123 cm³/mol. The molecule has 0 radical (unpaired) electrons. The topological polar surface area (TPSA) is 88.9 Å². The van der Waals surface area contributed by atoms with Crippen LogP contribution in [0.4, 0.5) is 11.4 Å². The van der Waals surface area contributed by atoms with Gasteiger partial charge in [-0.15, -0.1) is 10.2 Å². The minimum absolute atomic E-state index is 0.112. The van der Waals surface area contributed by atoms with Crippen molar-refractivity contribution in [1.82, 2.24) is 14.8 Å². The van der Waals surface area contributed by atoms with Crippen molar-refractivity contribution in [3.8, 4) is 0 Å². The van der Waals surface area contributed by atoms with Crippen LogP contribution in [0.25, 0.3) is 0 Å². The Balaban J connectivity index is 1.58. The first-order valence-corrected chi connectivity index (χ1v) is 11.2. The molecule has 0 fully saturated rings. The van der Waals surface area contributed by atoms with Crippen molar-refractivity contribution < 1.29 is 9.59 Å². The minimum atomic E-state index is -0.157. The van der Waals surface area contributed by atoms with Gasteiger partial charge in [-0.3, -0.25) is 9.59 Å². The molecule has 0 bridgehead atoms. The van der Waals surface area contributed by atoms with Crippen LogP contribution in [0.1, 0.15) is 18.3 Å². The highest BCUT2D eigenvalue weighted by molar-refractivity contribution is 9.10. The van der Waals surface area contributed by atoms with Crippen molar-refractivity contribution >= 4 is 50.9 Å². The molecule has 0 aliphatic carbocycles. The molecular weight excluding hydrogens is 466 g/mol. The summed E-state index contributed by atoms with van der Waals surface area (Å²) in [5, 5.41) is 14.7. The number of aryl methyl sites for hydroxylation is 1. The summed E-state index contributed by atoms with van der Waals surface area (Å²) in [5.41, 5.74) is 2.51. The Bertz CT molecular complexity index is 1040. The molecule has 0 atom stereocenters. The van der Waals surface area contributed by atoms with Gasteiger partial charge in [0.25, 0.3) is 0 Å². The number of benzene rings is 2. The molecule has 0 unspecified atom stereocenters. The van der Waals surface area contributed by atoms with E-state index in [0.29, 0.717) is 17.5 Å². The maximum Gasteiger partial charge on any atom is 0.234 e. The summed E-state index contributed by atoms with van der Waals surface area (Å²) in [7, 11) is 0. The smallest absolute Gasteiger partial charge is 0.234 e. The molecule has 3 aromatic rings. The Hall–Kier alpha value is -2.65. The number of nitrogens with one attached hydrogen (secondary N) is 2. The van der Waals surface area contributed by atoms with E-state index in [0.717, 1.165) is 21.4 Å². The average Bonchev–Trinajstić information content (AvgIpc) is 3.11. The van der Waals surface area contributed by atoms with Gasteiger partial charge in [-0.2, -0.15) is 0 Å². The summed E-state index contributed by atoms with van der Waals surface area (Å²) in [6.07, 6.45) is 0.112. The summed E-state index contributed by atoms with van der Waals surface area (Å²) < 4.78 is 2.81. The maximum absolute atomic E-state index is 12.4. The Morgan fingerprint density at radius 2 is 1.77 bits per heavy atom. The number of thioether (sulfide) groups is 1. The summed E-state index contributed by atoms with van der Waals surface area (Å²) in [6, 6.07) is 15.0. The van der Waals surface area contributed by atoms with Gasteiger partial charge in [0.2, 0.25) is 11.8 Å². The van der Waals surface area contributed by atoms with Gasteiger partial charge in [-0.25, -0.2) is 0 Å². The molecule has 0 aliphatic heterocycles. The molecule has 7 nitrogen and oxygen atoms in total. The first-order valence-electron chi connectivity index (χ1n) is 9.42. The number of hydrogen-bond donors (Lipinski definition) is 2. The lowest BCUT2D eigenvalue weighted by molar-refractivity contribution is -0.116. The number of para-hydroxylation sites is 1. The molecule has 1 aromatic heterocycles. The van der Waals surface area contributed by atoms with Crippen molar-refractivity contribution in [2.45, 2.75) is 32.0 Å². The molecule has 2 aromatic carbocycles. The lowest BCUT2D eigenvalue weighted by atomic mass is 10.2. The van der Waals surface area contributed by atoms with Crippen molar-refractivity contribution in [2.75, 3.05) is 16.4 Å². The second-order valence-corrected chi connectivity index (χ2v) is 8.38. The molecule has 3 rings (SSSR count). The molecule has 9 heteroatoms. The van der Waals surface area contributed by atoms with Crippen LogP contribution >= 0.6 is 27.7 Å². The molecule has 0 spiro atoms. The fourth-order valence-electron chi connectivity index (χ4n) is 2.79. The molecule has 2 N–H and O–H groups in total. The summed E-state index contributed by atoms with van der Waals surface area (Å²) >= 11 is 4.66. The molecule has 30 heavy (non-hydrogen) atoms. The molecule has 0 saturated carbocycles. The van der Waals surface area contributed by atoms with E-state index >= 15 is 0 Å². The monoisotopic (exact) mass is 487 g/mol. The summed E-state index contributed by atoms with van der Waals surface area (Å²) in [6.45, 7) is 4.51. The zero-order valence-corrected chi connectivity index (χ0v) is 19.1. The van der Waals surface area contributed by atoms with E-state index in [1.807, 2.05) is 66.9 Å². The number of anilines is 2. The average molecular weight is 488 g/mol. The number of carbonyl (C=O) groups excluding carboxylic acids is 2. The summed E-state index contributed by atoms with van der Waals surface area (Å²) in [4.78, 5) is 24.7. The number of hydrogen-bond acceptors (Lipinski definition) is 5. The highest BCUT2D eigenvalue weighted by atomic mass is 79.9. The molecule has 2 amide bonds. The first kappa shape index (κ1) is 22.0. The van der Waals surface area contributed by atoms with Crippen molar-refractivity contribution in [1.29, 1.82) is 0 Å². The Kier molecular flexibility index (Phi) is 7.64. The number of halogens is 1. The standard InChI is InChI=1S/C21H22BrN5O2S/c1-3-27-18(12-19(28)24-17-7-5-4-6-14(17)2)25-26-21(27)30-13-20(29)23-16-10-8-15(22)9-11-16/h4-11H,3,12-13H2,1-2H3,(H,23,29)(H,24,28).